The van der Waals surface area contributed by atoms with Crippen LogP contribution >= 0.6 is 11.6 Å². The summed E-state index contributed by atoms with van der Waals surface area (Å²) < 4.78 is 0. The second-order valence-electron chi connectivity index (χ2n) is 10.9. The fourth-order valence-corrected chi connectivity index (χ4v) is 5.87. The standard InChI is InChI=1S/C32H35ClN2O2/c1-32(2,31(36)37)26-9-3-6-22(20-26)7-5-17-35-18-14-23(15-19-35)29-28-13-12-27(33)21-25(28)11-10-24-8-4-16-34-30(24)29/h3-4,6,8-9,12-13,16,20-21H,5,7,10-11,14-15,17-19H2,1-2H3,(H,36,37). The molecule has 192 valence electrons. The van der Waals surface area contributed by atoms with Crippen molar-refractivity contribution < 1.29 is 9.90 Å². The molecule has 1 aromatic heterocycles. The summed E-state index contributed by atoms with van der Waals surface area (Å²) in [7, 11) is 0. The number of fused-ring (bicyclic) bond motifs is 2. The van der Waals surface area contributed by atoms with E-state index in [2.05, 4.69) is 35.2 Å². The first-order valence-corrected chi connectivity index (χ1v) is 13.7. The molecule has 0 spiro atoms. The molecule has 1 aliphatic carbocycles. The molecule has 1 N–H and O–H groups in total. The van der Waals surface area contributed by atoms with Crippen molar-refractivity contribution in [1.82, 2.24) is 9.88 Å². The smallest absolute Gasteiger partial charge is 0.313 e. The van der Waals surface area contributed by atoms with Gasteiger partial charge in [0.05, 0.1) is 11.1 Å². The monoisotopic (exact) mass is 514 g/mol. The van der Waals surface area contributed by atoms with Crippen molar-refractivity contribution in [3.05, 3.63) is 105 Å². The summed E-state index contributed by atoms with van der Waals surface area (Å²) in [4.78, 5) is 19.1. The third-order valence-corrected chi connectivity index (χ3v) is 8.30. The number of aromatic nitrogens is 1. The van der Waals surface area contributed by atoms with Crippen LogP contribution in [0.15, 0.2) is 66.4 Å². The number of benzene rings is 2. The third kappa shape index (κ3) is 5.51. The number of pyridine rings is 1. The maximum absolute atomic E-state index is 11.6. The van der Waals surface area contributed by atoms with Crippen LogP contribution in [0.3, 0.4) is 0 Å². The molecule has 37 heavy (non-hydrogen) atoms. The number of rotatable bonds is 6. The molecule has 0 bridgehead atoms. The van der Waals surface area contributed by atoms with Gasteiger partial charge in [-0.15, -0.1) is 0 Å². The van der Waals surface area contributed by atoms with Crippen LogP contribution in [0.1, 0.15) is 66.6 Å². The van der Waals surface area contributed by atoms with Crippen molar-refractivity contribution in [2.45, 2.75) is 57.8 Å². The highest BCUT2D eigenvalue weighted by atomic mass is 35.5. The lowest BCUT2D eigenvalue weighted by Crippen LogP contribution is -2.32. The molecule has 5 heteroatoms. The molecular formula is C32H35ClN2O2. The van der Waals surface area contributed by atoms with Crippen LogP contribution in [-0.2, 0) is 29.5 Å². The fraction of sp³-hybridized carbons (Fsp3) is 0.375. The zero-order valence-corrected chi connectivity index (χ0v) is 22.5. The lowest BCUT2D eigenvalue weighted by atomic mass is 9.84. The van der Waals surface area contributed by atoms with Gasteiger partial charge in [-0.25, -0.2) is 0 Å². The topological polar surface area (TPSA) is 53.4 Å². The van der Waals surface area contributed by atoms with E-state index in [1.165, 1.54) is 33.4 Å². The van der Waals surface area contributed by atoms with E-state index < -0.39 is 11.4 Å². The quantitative estimate of drug-likeness (QED) is 0.396. The molecule has 1 aliphatic heterocycles. The van der Waals surface area contributed by atoms with Crippen molar-refractivity contribution in [2.24, 2.45) is 0 Å². The molecule has 1 saturated heterocycles. The highest BCUT2D eigenvalue weighted by Crippen LogP contribution is 2.38. The summed E-state index contributed by atoms with van der Waals surface area (Å²) in [6, 6.07) is 18.7. The van der Waals surface area contributed by atoms with Gasteiger partial charge < -0.3 is 10.0 Å². The van der Waals surface area contributed by atoms with E-state index in [-0.39, 0.29) is 0 Å². The van der Waals surface area contributed by atoms with Gasteiger partial charge >= 0.3 is 5.97 Å². The lowest BCUT2D eigenvalue weighted by molar-refractivity contribution is -0.142. The van der Waals surface area contributed by atoms with Crippen molar-refractivity contribution in [3.8, 4) is 0 Å². The Bertz CT molecular complexity index is 1330. The Balaban J connectivity index is 1.27. The number of halogens is 1. The summed E-state index contributed by atoms with van der Waals surface area (Å²) >= 11 is 6.37. The number of carboxylic acids is 1. The largest absolute Gasteiger partial charge is 0.481 e. The molecule has 3 aromatic rings. The number of hydrogen-bond acceptors (Lipinski definition) is 3. The highest BCUT2D eigenvalue weighted by molar-refractivity contribution is 6.30. The summed E-state index contributed by atoms with van der Waals surface area (Å²) in [5.74, 6) is -0.792. The predicted molar refractivity (Wildman–Crippen MR) is 150 cm³/mol. The molecule has 4 nitrogen and oxygen atoms in total. The highest BCUT2D eigenvalue weighted by Gasteiger charge is 2.29. The molecule has 2 aromatic carbocycles. The first kappa shape index (κ1) is 25.7. The summed E-state index contributed by atoms with van der Waals surface area (Å²) in [6.45, 7) is 6.69. The molecule has 0 unspecified atom stereocenters. The molecular weight excluding hydrogens is 480 g/mol. The van der Waals surface area contributed by atoms with E-state index in [1.807, 2.05) is 30.5 Å². The Morgan fingerprint density at radius 1 is 1.00 bits per heavy atom. The second kappa shape index (κ2) is 10.8. The predicted octanol–water partition coefficient (Wildman–Crippen LogP) is 6.73. The van der Waals surface area contributed by atoms with Crippen molar-refractivity contribution in [3.63, 3.8) is 0 Å². The fourth-order valence-electron chi connectivity index (χ4n) is 5.68. The number of aryl methyl sites for hydroxylation is 3. The number of carbonyl (C=O) groups is 1. The lowest BCUT2D eigenvalue weighted by Gasteiger charge is -2.30. The van der Waals surface area contributed by atoms with Gasteiger partial charge in [0.2, 0.25) is 0 Å². The number of nitrogens with zero attached hydrogens (tertiary/aromatic N) is 2. The minimum Gasteiger partial charge on any atom is -0.481 e. The zero-order chi connectivity index (χ0) is 26.0. The van der Waals surface area contributed by atoms with E-state index in [1.54, 1.807) is 13.8 Å². The summed E-state index contributed by atoms with van der Waals surface area (Å²) in [5, 5.41) is 10.4. The summed E-state index contributed by atoms with van der Waals surface area (Å²) in [6.07, 6.45) is 8.02. The van der Waals surface area contributed by atoms with Gasteiger partial charge in [-0.05, 0) is 105 Å². The SMILES string of the molecule is CC(C)(C(=O)O)c1cccc(CCCN2CCC(=C3c4ccc(Cl)cc4CCc4cccnc43)CC2)c1. The minimum atomic E-state index is -0.873. The van der Waals surface area contributed by atoms with Gasteiger partial charge in [-0.1, -0.05) is 53.6 Å². The number of piperidine rings is 1. The maximum Gasteiger partial charge on any atom is 0.313 e. The molecule has 0 saturated carbocycles. The number of hydrogen-bond donors (Lipinski definition) is 1. The Morgan fingerprint density at radius 3 is 2.57 bits per heavy atom. The van der Waals surface area contributed by atoms with Crippen LogP contribution in [-0.4, -0.2) is 40.6 Å². The molecule has 2 aliphatic rings. The Labute approximate surface area is 225 Å². The Kier molecular flexibility index (Phi) is 7.50. The van der Waals surface area contributed by atoms with Gasteiger partial charge in [-0.3, -0.25) is 9.78 Å². The third-order valence-electron chi connectivity index (χ3n) is 8.06. The van der Waals surface area contributed by atoms with Crippen LogP contribution < -0.4 is 0 Å². The van der Waals surface area contributed by atoms with E-state index >= 15 is 0 Å². The average Bonchev–Trinajstić information content (AvgIpc) is 3.06. The molecule has 0 amide bonds. The number of aliphatic carboxylic acids is 1. The van der Waals surface area contributed by atoms with E-state index in [0.29, 0.717) is 0 Å². The first-order valence-electron chi connectivity index (χ1n) is 13.3. The van der Waals surface area contributed by atoms with Crippen LogP contribution in [0.5, 0.6) is 0 Å². The molecule has 5 rings (SSSR count). The van der Waals surface area contributed by atoms with E-state index in [9.17, 15) is 9.90 Å². The van der Waals surface area contributed by atoms with Gasteiger partial charge in [0.25, 0.3) is 0 Å². The van der Waals surface area contributed by atoms with Crippen molar-refractivity contribution in [2.75, 3.05) is 19.6 Å². The molecule has 1 fully saturated rings. The Hall–Kier alpha value is -2.95. The normalized spacial score (nSPS) is 16.2. The van der Waals surface area contributed by atoms with Gasteiger partial charge in [-0.2, -0.15) is 0 Å². The Morgan fingerprint density at radius 2 is 1.78 bits per heavy atom. The van der Waals surface area contributed by atoms with E-state index in [4.69, 9.17) is 16.6 Å². The molecule has 2 heterocycles. The van der Waals surface area contributed by atoms with Crippen molar-refractivity contribution in [1.29, 1.82) is 0 Å². The minimum absolute atomic E-state index is 0.792. The second-order valence-corrected chi connectivity index (χ2v) is 11.3. The zero-order valence-electron chi connectivity index (χ0n) is 21.8. The average molecular weight is 515 g/mol. The van der Waals surface area contributed by atoms with Crippen LogP contribution in [0.25, 0.3) is 5.57 Å². The number of likely N-dealkylation sites (tertiary alicyclic amines) is 1. The van der Waals surface area contributed by atoms with Gasteiger partial charge in [0.15, 0.2) is 0 Å². The summed E-state index contributed by atoms with van der Waals surface area (Å²) in [5.41, 5.74) is 9.14. The van der Waals surface area contributed by atoms with Gasteiger partial charge in [0, 0.05) is 29.9 Å². The molecule has 0 radical (unpaired) electrons. The van der Waals surface area contributed by atoms with Gasteiger partial charge in [0.1, 0.15) is 0 Å². The van der Waals surface area contributed by atoms with Crippen LogP contribution in [0.2, 0.25) is 5.02 Å². The van der Waals surface area contributed by atoms with Crippen molar-refractivity contribution >= 4 is 23.1 Å². The maximum atomic E-state index is 11.6. The number of carboxylic acid groups (broad SMARTS) is 1. The van der Waals surface area contributed by atoms with Crippen LogP contribution in [0.4, 0.5) is 0 Å². The van der Waals surface area contributed by atoms with E-state index in [0.717, 1.165) is 74.4 Å². The van der Waals surface area contributed by atoms with Crippen LogP contribution in [0, 0.1) is 0 Å². The first-order chi connectivity index (χ1) is 17.8. The molecule has 0 atom stereocenters.